The van der Waals surface area contributed by atoms with Gasteiger partial charge in [-0.15, -0.1) is 0 Å². The standard InChI is InChI=1S/C26H36N4O4/c31-25-21(18-27-8-12-29(13-9-27)22-4-2-1-3-5-22)20-34-26(32)24(25)19-28-10-14-30(15-11-28)23-6-16-33-17-7-23/h1-5,20,23,31H,6-19H2. The third-order valence-electron chi connectivity index (χ3n) is 7.53. The van der Waals surface area contributed by atoms with Crippen molar-refractivity contribution in [1.82, 2.24) is 14.7 Å². The number of ether oxygens (including phenoxy) is 1. The van der Waals surface area contributed by atoms with Gasteiger partial charge in [0.1, 0.15) is 12.0 Å². The molecule has 1 N–H and O–H groups in total. The molecule has 0 aliphatic carbocycles. The van der Waals surface area contributed by atoms with E-state index in [9.17, 15) is 9.90 Å². The monoisotopic (exact) mass is 468 g/mol. The van der Waals surface area contributed by atoms with E-state index in [0.29, 0.717) is 30.3 Å². The van der Waals surface area contributed by atoms with Crippen LogP contribution >= 0.6 is 0 Å². The average Bonchev–Trinajstić information content (AvgIpc) is 2.90. The van der Waals surface area contributed by atoms with E-state index in [4.69, 9.17) is 9.15 Å². The molecule has 3 aliphatic rings. The number of nitrogens with zero attached hydrogens (tertiary/aromatic N) is 4. The highest BCUT2D eigenvalue weighted by Crippen LogP contribution is 2.25. The minimum Gasteiger partial charge on any atom is -0.507 e. The highest BCUT2D eigenvalue weighted by Gasteiger charge is 2.27. The van der Waals surface area contributed by atoms with Crippen LogP contribution in [0.5, 0.6) is 5.75 Å². The van der Waals surface area contributed by atoms with Crippen LogP contribution in [-0.4, -0.2) is 91.4 Å². The van der Waals surface area contributed by atoms with Gasteiger partial charge in [-0.1, -0.05) is 18.2 Å². The van der Waals surface area contributed by atoms with E-state index in [0.717, 1.165) is 78.4 Å². The van der Waals surface area contributed by atoms with Gasteiger partial charge in [0.15, 0.2) is 0 Å². The quantitative estimate of drug-likeness (QED) is 0.690. The summed E-state index contributed by atoms with van der Waals surface area (Å²) in [5, 5.41) is 11.0. The number of aromatic hydroxyl groups is 1. The first-order valence-electron chi connectivity index (χ1n) is 12.6. The second kappa shape index (κ2) is 10.9. The van der Waals surface area contributed by atoms with E-state index < -0.39 is 5.63 Å². The second-order valence-corrected chi connectivity index (χ2v) is 9.63. The fourth-order valence-electron chi connectivity index (χ4n) is 5.40. The molecule has 8 nitrogen and oxygen atoms in total. The zero-order valence-corrected chi connectivity index (χ0v) is 19.9. The summed E-state index contributed by atoms with van der Waals surface area (Å²) in [4.78, 5) is 22.0. The zero-order chi connectivity index (χ0) is 23.3. The molecule has 34 heavy (non-hydrogen) atoms. The lowest BCUT2D eigenvalue weighted by molar-refractivity contribution is 0.0123. The average molecular weight is 469 g/mol. The first-order valence-corrected chi connectivity index (χ1v) is 12.6. The Bertz CT molecular complexity index is 976. The Kier molecular flexibility index (Phi) is 7.49. The van der Waals surface area contributed by atoms with Crippen molar-refractivity contribution in [2.75, 3.05) is 70.5 Å². The molecular formula is C26H36N4O4. The van der Waals surface area contributed by atoms with E-state index >= 15 is 0 Å². The van der Waals surface area contributed by atoms with Gasteiger partial charge in [-0.2, -0.15) is 0 Å². The molecule has 184 valence electrons. The highest BCUT2D eigenvalue weighted by atomic mass is 16.5. The predicted molar refractivity (Wildman–Crippen MR) is 131 cm³/mol. The maximum absolute atomic E-state index is 12.5. The molecule has 0 amide bonds. The van der Waals surface area contributed by atoms with Gasteiger partial charge < -0.3 is 19.2 Å². The van der Waals surface area contributed by atoms with Crippen LogP contribution in [0, 0.1) is 0 Å². The van der Waals surface area contributed by atoms with Gasteiger partial charge in [0.25, 0.3) is 0 Å². The van der Waals surface area contributed by atoms with Crippen LogP contribution in [0.25, 0.3) is 0 Å². The van der Waals surface area contributed by atoms with Crippen molar-refractivity contribution in [3.63, 3.8) is 0 Å². The molecule has 0 saturated carbocycles. The van der Waals surface area contributed by atoms with Gasteiger partial charge in [0.2, 0.25) is 0 Å². The summed E-state index contributed by atoms with van der Waals surface area (Å²) in [5.41, 5.74) is 1.90. The van der Waals surface area contributed by atoms with Crippen molar-refractivity contribution >= 4 is 5.69 Å². The molecule has 2 aromatic rings. The Morgan fingerprint density at radius 3 is 2.21 bits per heavy atom. The predicted octanol–water partition coefficient (Wildman–Crippen LogP) is 1.96. The molecule has 3 saturated heterocycles. The Balaban J connectivity index is 1.16. The fraction of sp³-hybridized carbons (Fsp3) is 0.577. The number of hydrogen-bond acceptors (Lipinski definition) is 8. The van der Waals surface area contributed by atoms with Crippen molar-refractivity contribution in [3.8, 4) is 5.75 Å². The third-order valence-corrected chi connectivity index (χ3v) is 7.53. The Morgan fingerprint density at radius 2 is 1.50 bits per heavy atom. The van der Waals surface area contributed by atoms with Crippen LogP contribution in [0.1, 0.15) is 24.0 Å². The summed E-state index contributed by atoms with van der Waals surface area (Å²) in [6.45, 7) is 10.2. The minimum absolute atomic E-state index is 0.105. The molecule has 8 heteroatoms. The maximum atomic E-state index is 12.5. The van der Waals surface area contributed by atoms with E-state index in [1.165, 1.54) is 12.0 Å². The van der Waals surface area contributed by atoms with Gasteiger partial charge in [0.05, 0.1) is 5.56 Å². The summed E-state index contributed by atoms with van der Waals surface area (Å²) < 4.78 is 10.8. The lowest BCUT2D eigenvalue weighted by atomic mass is 10.1. The summed E-state index contributed by atoms with van der Waals surface area (Å²) in [6, 6.07) is 11.1. The highest BCUT2D eigenvalue weighted by molar-refractivity contribution is 5.46. The topological polar surface area (TPSA) is 72.6 Å². The Hall–Kier alpha value is -2.39. The molecule has 1 aromatic carbocycles. The molecule has 4 heterocycles. The number of benzene rings is 1. The van der Waals surface area contributed by atoms with Crippen LogP contribution in [-0.2, 0) is 17.8 Å². The van der Waals surface area contributed by atoms with Crippen molar-refractivity contribution in [3.05, 3.63) is 58.1 Å². The molecular weight excluding hydrogens is 432 g/mol. The molecule has 1 aromatic heterocycles. The summed E-state index contributed by atoms with van der Waals surface area (Å²) in [6.07, 6.45) is 3.64. The zero-order valence-electron chi connectivity index (χ0n) is 19.9. The molecule has 5 rings (SSSR count). The van der Waals surface area contributed by atoms with Gasteiger partial charge >= 0.3 is 5.63 Å². The fourth-order valence-corrected chi connectivity index (χ4v) is 5.40. The lowest BCUT2D eigenvalue weighted by Crippen LogP contribution is -2.51. The van der Waals surface area contributed by atoms with Gasteiger partial charge in [0, 0.05) is 96.0 Å². The number of hydrogen-bond donors (Lipinski definition) is 1. The molecule has 0 atom stereocenters. The van der Waals surface area contributed by atoms with Crippen LogP contribution < -0.4 is 10.5 Å². The second-order valence-electron chi connectivity index (χ2n) is 9.63. The Morgan fingerprint density at radius 1 is 0.853 bits per heavy atom. The molecule has 3 fully saturated rings. The molecule has 0 bridgehead atoms. The maximum Gasteiger partial charge on any atom is 0.343 e. The number of anilines is 1. The van der Waals surface area contributed by atoms with E-state index in [1.807, 2.05) is 6.07 Å². The van der Waals surface area contributed by atoms with E-state index in [1.54, 1.807) is 0 Å². The number of para-hydroxylation sites is 1. The first-order chi connectivity index (χ1) is 16.7. The van der Waals surface area contributed by atoms with Crippen molar-refractivity contribution in [2.45, 2.75) is 32.0 Å². The van der Waals surface area contributed by atoms with Crippen molar-refractivity contribution in [2.24, 2.45) is 0 Å². The number of rotatable bonds is 6. The summed E-state index contributed by atoms with van der Waals surface area (Å²) in [5.74, 6) is 0.105. The lowest BCUT2D eigenvalue weighted by Gasteiger charge is -2.40. The van der Waals surface area contributed by atoms with E-state index in [2.05, 4.69) is 43.9 Å². The van der Waals surface area contributed by atoms with Crippen molar-refractivity contribution < 1.29 is 14.3 Å². The molecule has 3 aliphatic heterocycles. The molecule has 0 spiro atoms. The Labute approximate surface area is 201 Å². The van der Waals surface area contributed by atoms with Gasteiger partial charge in [-0.25, -0.2) is 4.79 Å². The minimum atomic E-state index is -0.429. The van der Waals surface area contributed by atoms with Gasteiger partial charge in [-0.05, 0) is 25.0 Å². The van der Waals surface area contributed by atoms with E-state index in [-0.39, 0.29) is 5.75 Å². The smallest absolute Gasteiger partial charge is 0.343 e. The molecule has 0 unspecified atom stereocenters. The van der Waals surface area contributed by atoms with Crippen LogP contribution in [0.15, 0.2) is 45.8 Å². The summed E-state index contributed by atoms with van der Waals surface area (Å²) >= 11 is 0. The number of piperazine rings is 2. The van der Waals surface area contributed by atoms with Crippen LogP contribution in [0.2, 0.25) is 0 Å². The van der Waals surface area contributed by atoms with Crippen LogP contribution in [0.4, 0.5) is 5.69 Å². The third kappa shape index (κ3) is 5.46. The largest absolute Gasteiger partial charge is 0.507 e. The van der Waals surface area contributed by atoms with Crippen molar-refractivity contribution in [1.29, 1.82) is 0 Å². The first kappa shape index (κ1) is 23.4. The van der Waals surface area contributed by atoms with Crippen LogP contribution in [0.3, 0.4) is 0 Å². The molecule has 0 radical (unpaired) electrons. The summed E-state index contributed by atoms with van der Waals surface area (Å²) in [7, 11) is 0. The normalized spacial score (nSPS) is 21.7. The SMILES string of the molecule is O=c1occ(CN2CCN(c3ccccc3)CC2)c(O)c1CN1CCN(C2CCOCC2)CC1. The van der Waals surface area contributed by atoms with Gasteiger partial charge in [-0.3, -0.25) is 14.7 Å².